The maximum Gasteiger partial charge on any atom is 0.320 e. The van der Waals surface area contributed by atoms with Gasteiger partial charge in [0, 0.05) is 18.8 Å². The van der Waals surface area contributed by atoms with Crippen LogP contribution in [0.3, 0.4) is 0 Å². The summed E-state index contributed by atoms with van der Waals surface area (Å²) in [5, 5.41) is 9.50. The minimum absolute atomic E-state index is 0.317. The SMILES string of the molecule is O=C(O)C1CCC2CCCCC2N1Cc1cncc(F)c1. The molecule has 0 spiro atoms. The molecule has 3 rings (SSSR count). The average molecular weight is 292 g/mol. The Morgan fingerprint density at radius 2 is 2.10 bits per heavy atom. The van der Waals surface area contributed by atoms with Crippen molar-refractivity contribution >= 4 is 5.97 Å². The highest BCUT2D eigenvalue weighted by Gasteiger charge is 2.41. The molecule has 2 heterocycles. The van der Waals surface area contributed by atoms with Gasteiger partial charge in [-0.2, -0.15) is 0 Å². The number of carboxylic acid groups (broad SMARTS) is 1. The van der Waals surface area contributed by atoms with E-state index >= 15 is 0 Å². The first-order valence-corrected chi connectivity index (χ1v) is 7.73. The molecule has 5 heteroatoms. The van der Waals surface area contributed by atoms with E-state index in [0.717, 1.165) is 24.8 Å². The molecule has 1 aromatic heterocycles. The number of carbonyl (C=O) groups is 1. The fraction of sp³-hybridized carbons (Fsp3) is 0.625. The monoisotopic (exact) mass is 292 g/mol. The van der Waals surface area contributed by atoms with Crippen LogP contribution >= 0.6 is 0 Å². The summed E-state index contributed by atoms with van der Waals surface area (Å²) < 4.78 is 13.3. The number of nitrogens with zero attached hydrogens (tertiary/aromatic N) is 2. The van der Waals surface area contributed by atoms with Gasteiger partial charge in [0.05, 0.1) is 6.20 Å². The van der Waals surface area contributed by atoms with Crippen LogP contribution < -0.4 is 0 Å². The zero-order valence-corrected chi connectivity index (χ0v) is 12.0. The van der Waals surface area contributed by atoms with Gasteiger partial charge in [0.25, 0.3) is 0 Å². The van der Waals surface area contributed by atoms with Gasteiger partial charge >= 0.3 is 5.97 Å². The van der Waals surface area contributed by atoms with Crippen LogP contribution in [0.4, 0.5) is 4.39 Å². The normalized spacial score (nSPS) is 29.9. The first-order chi connectivity index (χ1) is 10.1. The molecule has 1 saturated heterocycles. The Hall–Kier alpha value is -1.49. The lowest BCUT2D eigenvalue weighted by atomic mass is 9.76. The van der Waals surface area contributed by atoms with Crippen LogP contribution in [-0.4, -0.2) is 33.0 Å². The summed E-state index contributed by atoms with van der Waals surface area (Å²) in [4.78, 5) is 17.5. The van der Waals surface area contributed by atoms with E-state index in [4.69, 9.17) is 0 Å². The Morgan fingerprint density at radius 1 is 1.29 bits per heavy atom. The van der Waals surface area contributed by atoms with Gasteiger partial charge in [-0.3, -0.25) is 14.7 Å². The number of piperidine rings is 1. The summed E-state index contributed by atoms with van der Waals surface area (Å²) in [7, 11) is 0. The third-order valence-corrected chi connectivity index (χ3v) is 4.92. The lowest BCUT2D eigenvalue weighted by Gasteiger charge is -2.47. The van der Waals surface area contributed by atoms with Crippen molar-refractivity contribution in [2.24, 2.45) is 5.92 Å². The highest BCUT2D eigenvalue weighted by molar-refractivity contribution is 5.73. The second-order valence-corrected chi connectivity index (χ2v) is 6.23. The van der Waals surface area contributed by atoms with E-state index in [1.54, 1.807) is 6.20 Å². The van der Waals surface area contributed by atoms with Crippen LogP contribution in [-0.2, 0) is 11.3 Å². The van der Waals surface area contributed by atoms with Crippen molar-refractivity contribution in [1.29, 1.82) is 0 Å². The Labute approximate surface area is 124 Å². The molecule has 3 unspecified atom stereocenters. The Kier molecular flexibility index (Phi) is 4.19. The topological polar surface area (TPSA) is 53.4 Å². The molecule has 0 aromatic carbocycles. The molecule has 0 bridgehead atoms. The van der Waals surface area contributed by atoms with Gasteiger partial charge in [0.1, 0.15) is 11.9 Å². The quantitative estimate of drug-likeness (QED) is 0.930. The number of likely N-dealkylation sites (tertiary alicyclic amines) is 1. The van der Waals surface area contributed by atoms with Crippen LogP contribution in [0.2, 0.25) is 0 Å². The molecule has 1 N–H and O–H groups in total. The van der Waals surface area contributed by atoms with Crippen LogP contribution in [0.25, 0.3) is 0 Å². The van der Waals surface area contributed by atoms with E-state index in [9.17, 15) is 14.3 Å². The largest absolute Gasteiger partial charge is 0.480 e. The second-order valence-electron chi connectivity index (χ2n) is 6.23. The Bertz CT molecular complexity index is 523. The molecule has 1 aliphatic carbocycles. The number of hydrogen-bond donors (Lipinski definition) is 1. The summed E-state index contributed by atoms with van der Waals surface area (Å²) in [6.45, 7) is 0.475. The summed E-state index contributed by atoms with van der Waals surface area (Å²) in [5.41, 5.74) is 0.757. The summed E-state index contributed by atoms with van der Waals surface area (Å²) in [5.74, 6) is -0.532. The number of hydrogen-bond acceptors (Lipinski definition) is 3. The van der Waals surface area contributed by atoms with E-state index in [1.165, 1.54) is 25.1 Å². The zero-order valence-electron chi connectivity index (χ0n) is 12.0. The first kappa shape index (κ1) is 14.4. The van der Waals surface area contributed by atoms with Crippen molar-refractivity contribution in [3.05, 3.63) is 29.8 Å². The molecule has 1 saturated carbocycles. The van der Waals surface area contributed by atoms with E-state index in [1.807, 2.05) is 0 Å². The molecule has 0 radical (unpaired) electrons. The number of rotatable bonds is 3. The Balaban J connectivity index is 1.83. The number of carboxylic acids is 1. The van der Waals surface area contributed by atoms with E-state index in [2.05, 4.69) is 9.88 Å². The second kappa shape index (κ2) is 6.10. The predicted octanol–water partition coefficient (Wildman–Crippen LogP) is 2.83. The van der Waals surface area contributed by atoms with Crippen molar-refractivity contribution in [2.45, 2.75) is 57.2 Å². The van der Waals surface area contributed by atoms with Crippen molar-refractivity contribution in [3.63, 3.8) is 0 Å². The number of fused-ring (bicyclic) bond motifs is 1. The number of pyridine rings is 1. The fourth-order valence-electron chi connectivity index (χ4n) is 3.98. The molecule has 114 valence electrons. The van der Waals surface area contributed by atoms with Crippen LogP contribution in [0.1, 0.15) is 44.1 Å². The van der Waals surface area contributed by atoms with Crippen molar-refractivity contribution in [1.82, 2.24) is 9.88 Å². The maximum absolute atomic E-state index is 13.3. The predicted molar refractivity (Wildman–Crippen MR) is 76.1 cm³/mol. The molecule has 2 aliphatic rings. The third kappa shape index (κ3) is 3.07. The van der Waals surface area contributed by atoms with Crippen molar-refractivity contribution in [2.75, 3.05) is 0 Å². The molecule has 21 heavy (non-hydrogen) atoms. The number of halogens is 1. The van der Waals surface area contributed by atoms with Crippen molar-refractivity contribution in [3.8, 4) is 0 Å². The highest BCUT2D eigenvalue weighted by atomic mass is 19.1. The number of aromatic nitrogens is 1. The lowest BCUT2D eigenvalue weighted by molar-refractivity contribution is -0.148. The molecule has 3 atom stereocenters. The Morgan fingerprint density at radius 3 is 2.86 bits per heavy atom. The lowest BCUT2D eigenvalue weighted by Crippen LogP contribution is -2.54. The molecule has 0 amide bonds. The molecule has 1 aliphatic heterocycles. The van der Waals surface area contributed by atoms with Gasteiger partial charge in [0.15, 0.2) is 0 Å². The molecular weight excluding hydrogens is 271 g/mol. The first-order valence-electron chi connectivity index (χ1n) is 7.73. The smallest absolute Gasteiger partial charge is 0.320 e. The van der Waals surface area contributed by atoms with Gasteiger partial charge in [-0.15, -0.1) is 0 Å². The maximum atomic E-state index is 13.3. The van der Waals surface area contributed by atoms with E-state index in [0.29, 0.717) is 24.9 Å². The minimum Gasteiger partial charge on any atom is -0.480 e. The van der Waals surface area contributed by atoms with E-state index in [-0.39, 0.29) is 5.82 Å². The minimum atomic E-state index is -0.761. The highest BCUT2D eigenvalue weighted by Crippen LogP contribution is 2.38. The molecule has 1 aromatic rings. The van der Waals surface area contributed by atoms with Crippen molar-refractivity contribution < 1.29 is 14.3 Å². The molecule has 4 nitrogen and oxygen atoms in total. The van der Waals surface area contributed by atoms with Crippen LogP contribution in [0.5, 0.6) is 0 Å². The molecular formula is C16H21FN2O2. The van der Waals surface area contributed by atoms with Gasteiger partial charge in [-0.25, -0.2) is 4.39 Å². The average Bonchev–Trinajstić information content (AvgIpc) is 2.47. The fourth-order valence-corrected chi connectivity index (χ4v) is 3.98. The van der Waals surface area contributed by atoms with E-state index < -0.39 is 12.0 Å². The summed E-state index contributed by atoms with van der Waals surface area (Å²) >= 11 is 0. The summed E-state index contributed by atoms with van der Waals surface area (Å²) in [6.07, 6.45) is 9.15. The van der Waals surface area contributed by atoms with Crippen LogP contribution in [0.15, 0.2) is 18.5 Å². The molecule has 2 fully saturated rings. The van der Waals surface area contributed by atoms with Gasteiger partial charge in [0.2, 0.25) is 0 Å². The number of aliphatic carboxylic acids is 1. The third-order valence-electron chi connectivity index (χ3n) is 4.92. The van der Waals surface area contributed by atoms with Gasteiger partial charge in [-0.05, 0) is 43.2 Å². The van der Waals surface area contributed by atoms with Crippen LogP contribution in [0, 0.1) is 11.7 Å². The standard InChI is InChI=1S/C16H21FN2O2/c17-13-7-11(8-18-9-13)10-19-14-4-2-1-3-12(14)5-6-15(19)16(20)21/h7-9,12,14-15H,1-6,10H2,(H,20,21). The van der Waals surface area contributed by atoms with Gasteiger partial charge < -0.3 is 5.11 Å². The zero-order chi connectivity index (χ0) is 14.8. The summed E-state index contributed by atoms with van der Waals surface area (Å²) in [6, 6.07) is 1.32. The van der Waals surface area contributed by atoms with Gasteiger partial charge in [-0.1, -0.05) is 12.8 Å².